The zero-order chi connectivity index (χ0) is 15.7. The van der Waals surface area contributed by atoms with Crippen LogP contribution in [-0.4, -0.2) is 32.7 Å². The van der Waals surface area contributed by atoms with E-state index < -0.39 is 36.3 Å². The Morgan fingerprint density at radius 1 is 1.05 bits per heavy atom. The van der Waals surface area contributed by atoms with Crippen LogP contribution in [0.25, 0.3) is 0 Å². The maximum Gasteiger partial charge on any atom is 1.00 e. The molecule has 7 nitrogen and oxygen atoms in total. The molecule has 0 bridgehead atoms. The van der Waals surface area contributed by atoms with Crippen molar-refractivity contribution >= 4 is 25.8 Å². The van der Waals surface area contributed by atoms with E-state index in [0.29, 0.717) is 12.8 Å². The van der Waals surface area contributed by atoms with Gasteiger partial charge in [-0.2, -0.15) is 0 Å². The molecule has 2 unspecified atom stereocenters. The molecule has 1 fully saturated rings. The van der Waals surface area contributed by atoms with Gasteiger partial charge in [0.15, 0.2) is 0 Å². The van der Waals surface area contributed by atoms with Gasteiger partial charge in [0.05, 0.1) is 10.1 Å². The summed E-state index contributed by atoms with van der Waals surface area (Å²) in [5.41, 5.74) is 6.07. The second-order valence-corrected chi connectivity index (χ2v) is 8.39. The third kappa shape index (κ3) is 4.92. The molecule has 0 radical (unpaired) electrons. The van der Waals surface area contributed by atoms with Crippen molar-refractivity contribution in [3.05, 3.63) is 24.3 Å². The second-order valence-electron chi connectivity index (χ2n) is 5.11. The first-order valence-electron chi connectivity index (χ1n) is 6.53. The van der Waals surface area contributed by atoms with E-state index >= 15 is 0 Å². The predicted octanol–water partition coefficient (Wildman–Crippen LogP) is -2.39. The van der Waals surface area contributed by atoms with Crippen molar-refractivity contribution in [2.45, 2.75) is 41.9 Å². The van der Waals surface area contributed by atoms with Crippen LogP contribution in [0.1, 0.15) is 25.7 Å². The minimum absolute atomic E-state index is 0. The van der Waals surface area contributed by atoms with Gasteiger partial charge in [0.25, 0.3) is 0 Å². The van der Waals surface area contributed by atoms with Crippen LogP contribution in [0.2, 0.25) is 0 Å². The number of nitrogens with one attached hydrogen (secondary N) is 1. The van der Waals surface area contributed by atoms with E-state index in [1.807, 2.05) is 0 Å². The maximum atomic E-state index is 12.3. The minimum atomic E-state index is -4.54. The van der Waals surface area contributed by atoms with E-state index in [4.69, 9.17) is 5.73 Å². The van der Waals surface area contributed by atoms with Crippen molar-refractivity contribution in [3.8, 4) is 0 Å². The molecule has 0 saturated heterocycles. The Morgan fingerprint density at radius 3 is 2.09 bits per heavy atom. The van der Waals surface area contributed by atoms with Crippen molar-refractivity contribution in [3.63, 3.8) is 0 Å². The zero-order valence-corrected chi connectivity index (χ0v) is 15.9. The smallest absolute Gasteiger partial charge is 0.744 e. The van der Waals surface area contributed by atoms with Crippen LogP contribution >= 0.6 is 0 Å². The molecule has 0 heterocycles. The summed E-state index contributed by atoms with van der Waals surface area (Å²) in [6, 6.07) is 4.23. The van der Waals surface area contributed by atoms with Crippen LogP contribution in [-0.2, 0) is 20.1 Å². The molecule has 1 aliphatic carbocycles. The number of benzene rings is 1. The summed E-state index contributed by atoms with van der Waals surface area (Å²) in [5, 5.41) is -0.658. The Morgan fingerprint density at radius 2 is 1.59 bits per heavy atom. The van der Waals surface area contributed by atoms with Crippen molar-refractivity contribution in [2.75, 3.05) is 4.72 Å². The fraction of sp³-hybridized carbons (Fsp3) is 0.500. The molecule has 118 valence electrons. The predicted molar refractivity (Wildman–Crippen MR) is 77.2 cm³/mol. The van der Waals surface area contributed by atoms with Gasteiger partial charge in [0.1, 0.15) is 10.1 Å². The molecular weight excluding hydrogens is 339 g/mol. The summed E-state index contributed by atoms with van der Waals surface area (Å²) in [6.45, 7) is 0. The average molecular weight is 356 g/mol. The summed E-state index contributed by atoms with van der Waals surface area (Å²) >= 11 is 0. The molecule has 0 amide bonds. The van der Waals surface area contributed by atoms with Crippen LogP contribution in [0.5, 0.6) is 0 Å². The first-order valence-corrected chi connectivity index (χ1v) is 9.49. The number of anilines is 1. The topological polar surface area (TPSA) is 129 Å². The fourth-order valence-electron chi connectivity index (χ4n) is 2.44. The van der Waals surface area contributed by atoms with Crippen molar-refractivity contribution in [1.82, 2.24) is 0 Å². The van der Waals surface area contributed by atoms with Crippen molar-refractivity contribution in [1.29, 1.82) is 0 Å². The zero-order valence-electron chi connectivity index (χ0n) is 12.2. The maximum absolute atomic E-state index is 12.3. The molecule has 2 atom stereocenters. The number of nitrogens with two attached hydrogens (primary N) is 1. The van der Waals surface area contributed by atoms with E-state index in [1.165, 1.54) is 12.1 Å². The molecule has 2 rings (SSSR count). The Balaban J connectivity index is 0.00000242. The van der Waals surface area contributed by atoms with E-state index in [2.05, 4.69) is 4.72 Å². The molecule has 0 aromatic heterocycles. The van der Waals surface area contributed by atoms with Gasteiger partial charge >= 0.3 is 29.6 Å². The summed E-state index contributed by atoms with van der Waals surface area (Å²) in [4.78, 5) is -0.403. The van der Waals surface area contributed by atoms with E-state index in [9.17, 15) is 21.4 Å². The SMILES string of the molecule is NC1CCCCC1S(=O)(=O)Nc1ccc(S(=O)(=O)[O-])cc1.[Na+]. The van der Waals surface area contributed by atoms with Crippen molar-refractivity contribution < 1.29 is 50.9 Å². The Labute approximate surface area is 152 Å². The van der Waals surface area contributed by atoms with Crippen LogP contribution in [0.15, 0.2) is 29.2 Å². The third-order valence-corrected chi connectivity index (χ3v) is 6.31. The van der Waals surface area contributed by atoms with E-state index in [0.717, 1.165) is 25.0 Å². The van der Waals surface area contributed by atoms with Gasteiger partial charge in [-0.15, -0.1) is 0 Å². The monoisotopic (exact) mass is 356 g/mol. The van der Waals surface area contributed by atoms with Gasteiger partial charge in [-0.25, -0.2) is 16.8 Å². The third-order valence-electron chi connectivity index (χ3n) is 3.56. The molecule has 10 heteroatoms. The van der Waals surface area contributed by atoms with Crippen LogP contribution in [0, 0.1) is 0 Å². The van der Waals surface area contributed by atoms with Gasteiger partial charge < -0.3 is 10.3 Å². The van der Waals surface area contributed by atoms with Gasteiger partial charge in [0, 0.05) is 11.7 Å². The average Bonchev–Trinajstić information content (AvgIpc) is 2.38. The molecule has 22 heavy (non-hydrogen) atoms. The summed E-state index contributed by atoms with van der Waals surface area (Å²) in [5.74, 6) is 0. The molecule has 0 spiro atoms. The van der Waals surface area contributed by atoms with Crippen LogP contribution in [0.3, 0.4) is 0 Å². The van der Waals surface area contributed by atoms with E-state index in [-0.39, 0.29) is 35.2 Å². The first-order chi connectivity index (χ1) is 9.70. The molecule has 0 aliphatic heterocycles. The summed E-state index contributed by atoms with van der Waals surface area (Å²) in [6.07, 6.45) is 2.90. The largest absolute Gasteiger partial charge is 1.00 e. The Hall–Kier alpha value is -0.160. The molecule has 3 N–H and O–H groups in total. The molecule has 1 aromatic rings. The van der Waals surface area contributed by atoms with Gasteiger partial charge in [-0.1, -0.05) is 12.8 Å². The first kappa shape index (κ1) is 19.9. The van der Waals surface area contributed by atoms with Gasteiger partial charge in [-0.3, -0.25) is 4.72 Å². The quantitative estimate of drug-likeness (QED) is 0.457. The van der Waals surface area contributed by atoms with Gasteiger partial charge in [-0.05, 0) is 37.1 Å². The van der Waals surface area contributed by atoms with E-state index in [1.54, 1.807) is 0 Å². The number of hydrogen-bond acceptors (Lipinski definition) is 6. The Kier molecular flexibility index (Phi) is 6.88. The minimum Gasteiger partial charge on any atom is -0.744 e. The number of rotatable bonds is 4. The molecule has 1 aliphatic rings. The number of sulfonamides is 1. The van der Waals surface area contributed by atoms with Gasteiger partial charge in [0.2, 0.25) is 10.0 Å². The van der Waals surface area contributed by atoms with Crippen LogP contribution < -0.4 is 40.0 Å². The molecule has 1 aromatic carbocycles. The number of hydrogen-bond donors (Lipinski definition) is 2. The molecule has 1 saturated carbocycles. The summed E-state index contributed by atoms with van der Waals surface area (Å²) in [7, 11) is -8.18. The summed E-state index contributed by atoms with van der Waals surface area (Å²) < 4.78 is 59.4. The normalized spacial score (nSPS) is 22.6. The van der Waals surface area contributed by atoms with Crippen molar-refractivity contribution in [2.24, 2.45) is 5.73 Å². The fourth-order valence-corrected chi connectivity index (χ4v) is 4.60. The standard InChI is InChI=1S/C12H18N2O5S2.Na/c13-11-3-1-2-4-12(11)20(15,16)14-9-5-7-10(8-6-9)21(17,18)19;/h5-8,11-12,14H,1-4,13H2,(H,17,18,19);/q;+1/p-1. The second kappa shape index (κ2) is 7.61. The Bertz CT molecular complexity index is 704. The molecular formula is C12H17N2NaO5S2. The van der Waals surface area contributed by atoms with Crippen LogP contribution in [0.4, 0.5) is 5.69 Å².